The van der Waals surface area contributed by atoms with Gasteiger partial charge in [-0.3, -0.25) is 4.79 Å². The van der Waals surface area contributed by atoms with Gasteiger partial charge in [-0.15, -0.1) is 0 Å². The van der Waals surface area contributed by atoms with Gasteiger partial charge in [0.2, 0.25) is 0 Å². The smallest absolute Gasteiger partial charge is 0.407 e. The number of carbonyl (C=O) groups excluding carboxylic acids is 1. The number of methoxy groups -OCH3 is 1. The molecule has 1 saturated heterocycles. The summed E-state index contributed by atoms with van der Waals surface area (Å²) in [5, 5.41) is 9.53. The number of carbonyl (C=O) groups is 2. The molecule has 0 bridgehead atoms. The Morgan fingerprint density at radius 1 is 1.36 bits per heavy atom. The quantitative estimate of drug-likeness (QED) is 0.547. The number of ether oxygens (including phenoxy) is 2. The van der Waals surface area contributed by atoms with Gasteiger partial charge in [0.15, 0.2) is 6.29 Å². The zero-order chi connectivity index (χ0) is 19.9. The number of amides is 2. The standard InChI is InChI=1S/C20H28N2O6/c1-26-11-4-5-17-16-8-7-15(13-14(16)9-10-22(17)20(24)25)19(23)21-28-18-6-2-3-12-27-18/h7-8,13,17-18H,2-6,9-12H2,1H3,(H,21,23)(H,24,25). The molecule has 2 heterocycles. The summed E-state index contributed by atoms with van der Waals surface area (Å²) in [7, 11) is 1.63. The maximum absolute atomic E-state index is 12.4. The fraction of sp³-hybridized carbons (Fsp3) is 0.600. The van der Waals surface area contributed by atoms with E-state index >= 15 is 0 Å². The molecule has 8 heteroatoms. The molecule has 2 atom stereocenters. The molecule has 2 N–H and O–H groups in total. The zero-order valence-corrected chi connectivity index (χ0v) is 16.2. The van der Waals surface area contributed by atoms with Crippen LogP contribution in [-0.4, -0.2) is 55.2 Å². The first-order valence-electron chi connectivity index (χ1n) is 9.79. The number of benzene rings is 1. The monoisotopic (exact) mass is 392 g/mol. The van der Waals surface area contributed by atoms with Crippen molar-refractivity contribution < 1.29 is 29.0 Å². The van der Waals surface area contributed by atoms with E-state index in [1.165, 1.54) is 4.90 Å². The Kier molecular flexibility index (Phi) is 7.24. The van der Waals surface area contributed by atoms with Crippen molar-refractivity contribution in [3.8, 4) is 0 Å². The van der Waals surface area contributed by atoms with Gasteiger partial charge >= 0.3 is 6.09 Å². The Morgan fingerprint density at radius 2 is 2.21 bits per heavy atom. The van der Waals surface area contributed by atoms with E-state index in [9.17, 15) is 14.7 Å². The normalized spacial score (nSPS) is 21.8. The van der Waals surface area contributed by atoms with Crippen molar-refractivity contribution >= 4 is 12.0 Å². The highest BCUT2D eigenvalue weighted by Crippen LogP contribution is 2.33. The van der Waals surface area contributed by atoms with Gasteiger partial charge in [0.1, 0.15) is 0 Å². The van der Waals surface area contributed by atoms with Gasteiger partial charge in [0.05, 0.1) is 6.04 Å². The maximum Gasteiger partial charge on any atom is 0.407 e. The van der Waals surface area contributed by atoms with Gasteiger partial charge in [-0.05, 0) is 55.4 Å². The van der Waals surface area contributed by atoms with Gasteiger partial charge in [-0.25, -0.2) is 15.1 Å². The van der Waals surface area contributed by atoms with E-state index in [0.717, 1.165) is 36.8 Å². The second-order valence-corrected chi connectivity index (χ2v) is 7.14. The first kappa shape index (κ1) is 20.6. The third-order valence-corrected chi connectivity index (χ3v) is 5.26. The summed E-state index contributed by atoms with van der Waals surface area (Å²) in [5.41, 5.74) is 4.92. The Bertz CT molecular complexity index is 689. The number of nitrogens with zero attached hydrogens (tertiary/aromatic N) is 1. The fourth-order valence-corrected chi connectivity index (χ4v) is 3.80. The van der Waals surface area contributed by atoms with Crippen molar-refractivity contribution in [3.05, 3.63) is 34.9 Å². The minimum Gasteiger partial charge on any atom is -0.465 e. The van der Waals surface area contributed by atoms with E-state index in [1.807, 2.05) is 12.1 Å². The molecule has 1 aromatic carbocycles. The third kappa shape index (κ3) is 5.01. The lowest BCUT2D eigenvalue weighted by molar-refractivity contribution is -0.186. The van der Waals surface area contributed by atoms with E-state index in [4.69, 9.17) is 14.3 Å². The molecule has 1 fully saturated rings. The number of hydrogen-bond acceptors (Lipinski definition) is 5. The molecule has 0 aromatic heterocycles. The van der Waals surface area contributed by atoms with Crippen LogP contribution >= 0.6 is 0 Å². The summed E-state index contributed by atoms with van der Waals surface area (Å²) in [6.45, 7) is 1.64. The van der Waals surface area contributed by atoms with Crippen LogP contribution in [0.3, 0.4) is 0 Å². The van der Waals surface area contributed by atoms with Gasteiger partial charge in [-0.2, -0.15) is 0 Å². The number of carboxylic acid groups (broad SMARTS) is 1. The summed E-state index contributed by atoms with van der Waals surface area (Å²) in [4.78, 5) is 30.9. The predicted octanol–water partition coefficient (Wildman–Crippen LogP) is 2.88. The van der Waals surface area contributed by atoms with Crippen molar-refractivity contribution in [2.45, 2.75) is 50.9 Å². The highest BCUT2D eigenvalue weighted by atomic mass is 16.8. The van der Waals surface area contributed by atoms with Gasteiger partial charge in [-0.1, -0.05) is 6.07 Å². The molecule has 3 rings (SSSR count). The first-order chi connectivity index (χ1) is 13.6. The van der Waals surface area contributed by atoms with E-state index in [0.29, 0.717) is 38.2 Å². The third-order valence-electron chi connectivity index (χ3n) is 5.26. The van der Waals surface area contributed by atoms with Crippen molar-refractivity contribution in [2.75, 3.05) is 26.9 Å². The van der Waals surface area contributed by atoms with Crippen LogP contribution in [0.5, 0.6) is 0 Å². The topological polar surface area (TPSA) is 97.3 Å². The van der Waals surface area contributed by atoms with E-state index in [1.54, 1.807) is 13.2 Å². The summed E-state index contributed by atoms with van der Waals surface area (Å²) < 4.78 is 10.5. The van der Waals surface area contributed by atoms with Crippen molar-refractivity contribution in [1.82, 2.24) is 10.4 Å². The number of fused-ring (bicyclic) bond motifs is 1. The van der Waals surface area contributed by atoms with E-state index in [2.05, 4.69) is 5.48 Å². The summed E-state index contributed by atoms with van der Waals surface area (Å²) in [5.74, 6) is -0.325. The van der Waals surface area contributed by atoms with Crippen LogP contribution < -0.4 is 5.48 Å². The Hall–Kier alpha value is -2.16. The maximum atomic E-state index is 12.4. The molecule has 0 spiro atoms. The summed E-state index contributed by atoms with van der Waals surface area (Å²) >= 11 is 0. The van der Waals surface area contributed by atoms with E-state index < -0.39 is 12.4 Å². The zero-order valence-electron chi connectivity index (χ0n) is 16.2. The largest absolute Gasteiger partial charge is 0.465 e. The number of hydroxylamine groups is 1. The van der Waals surface area contributed by atoms with Crippen LogP contribution in [0.25, 0.3) is 0 Å². The highest BCUT2D eigenvalue weighted by molar-refractivity contribution is 5.93. The van der Waals surface area contributed by atoms with Gasteiger partial charge in [0.25, 0.3) is 5.91 Å². The average molecular weight is 392 g/mol. The second kappa shape index (κ2) is 9.86. The molecule has 2 unspecified atom stereocenters. The summed E-state index contributed by atoms with van der Waals surface area (Å²) in [6.07, 6.45) is 3.50. The molecule has 2 aliphatic rings. The highest BCUT2D eigenvalue weighted by Gasteiger charge is 2.30. The lowest BCUT2D eigenvalue weighted by Crippen LogP contribution is -2.39. The van der Waals surface area contributed by atoms with Crippen LogP contribution in [0.1, 0.15) is 59.6 Å². The first-order valence-corrected chi connectivity index (χ1v) is 9.79. The molecular weight excluding hydrogens is 364 g/mol. The Labute approximate surface area is 164 Å². The minimum absolute atomic E-state index is 0.222. The number of hydrogen-bond donors (Lipinski definition) is 2. The SMILES string of the molecule is COCCCC1c2ccc(C(=O)NOC3CCCCO3)cc2CCN1C(=O)O. The average Bonchev–Trinajstić information content (AvgIpc) is 2.72. The molecule has 2 aliphatic heterocycles. The lowest BCUT2D eigenvalue weighted by Gasteiger charge is -2.35. The van der Waals surface area contributed by atoms with Crippen molar-refractivity contribution in [1.29, 1.82) is 0 Å². The summed E-state index contributed by atoms with van der Waals surface area (Å²) in [6, 6.07) is 5.18. The fourth-order valence-electron chi connectivity index (χ4n) is 3.80. The minimum atomic E-state index is -0.921. The molecule has 1 aromatic rings. The molecule has 0 saturated carbocycles. The number of nitrogens with one attached hydrogen (secondary N) is 1. The Balaban J connectivity index is 1.68. The van der Waals surface area contributed by atoms with Crippen LogP contribution in [0.4, 0.5) is 4.79 Å². The second-order valence-electron chi connectivity index (χ2n) is 7.14. The van der Waals surface area contributed by atoms with Gasteiger partial charge in [0, 0.05) is 38.9 Å². The Morgan fingerprint density at radius 3 is 2.93 bits per heavy atom. The van der Waals surface area contributed by atoms with Crippen molar-refractivity contribution in [3.63, 3.8) is 0 Å². The van der Waals surface area contributed by atoms with E-state index in [-0.39, 0.29) is 11.9 Å². The van der Waals surface area contributed by atoms with Crippen LogP contribution in [0, 0.1) is 0 Å². The molecular formula is C20H28N2O6. The van der Waals surface area contributed by atoms with Crippen LogP contribution in [0.2, 0.25) is 0 Å². The van der Waals surface area contributed by atoms with Gasteiger partial charge < -0.3 is 19.5 Å². The van der Waals surface area contributed by atoms with Crippen LogP contribution in [-0.2, 0) is 20.7 Å². The van der Waals surface area contributed by atoms with Crippen molar-refractivity contribution in [2.24, 2.45) is 0 Å². The predicted molar refractivity (Wildman–Crippen MR) is 101 cm³/mol. The van der Waals surface area contributed by atoms with Crippen LogP contribution in [0.15, 0.2) is 18.2 Å². The molecule has 2 amide bonds. The number of rotatable bonds is 7. The molecule has 0 radical (unpaired) electrons. The molecule has 28 heavy (non-hydrogen) atoms. The lowest BCUT2D eigenvalue weighted by atomic mass is 9.89. The molecule has 8 nitrogen and oxygen atoms in total. The molecule has 154 valence electrons. The molecule has 0 aliphatic carbocycles.